The summed E-state index contributed by atoms with van der Waals surface area (Å²) < 4.78 is 0. The third-order valence-corrected chi connectivity index (χ3v) is 3.12. The zero-order valence-corrected chi connectivity index (χ0v) is 12.5. The van der Waals surface area contributed by atoms with Crippen molar-refractivity contribution in [2.24, 2.45) is 0 Å². The third-order valence-electron chi connectivity index (χ3n) is 3.12. The van der Waals surface area contributed by atoms with E-state index in [1.54, 1.807) is 0 Å². The van der Waals surface area contributed by atoms with Crippen LogP contribution in [0.4, 0.5) is 0 Å². The SMILES string of the molecule is CC.Cc1nc2cccc(C)c2nc1-c1ccccc1. The number of fused-ring (bicyclic) bond motifs is 1. The Kier molecular flexibility index (Phi) is 4.46. The highest BCUT2D eigenvalue weighted by atomic mass is 14.8. The van der Waals surface area contributed by atoms with E-state index in [0.717, 1.165) is 33.5 Å². The molecule has 0 radical (unpaired) electrons. The molecule has 0 aliphatic rings. The lowest BCUT2D eigenvalue weighted by Gasteiger charge is -2.08. The molecule has 0 aliphatic carbocycles. The lowest BCUT2D eigenvalue weighted by molar-refractivity contribution is 1.18. The van der Waals surface area contributed by atoms with Gasteiger partial charge in [-0.25, -0.2) is 9.97 Å². The first-order chi connectivity index (χ1) is 9.75. The maximum absolute atomic E-state index is 4.78. The highest BCUT2D eigenvalue weighted by molar-refractivity contribution is 5.81. The summed E-state index contributed by atoms with van der Waals surface area (Å²) in [6.07, 6.45) is 0. The fraction of sp³-hybridized carbons (Fsp3) is 0.222. The van der Waals surface area contributed by atoms with E-state index in [0.29, 0.717) is 0 Å². The van der Waals surface area contributed by atoms with Crippen molar-refractivity contribution in [1.29, 1.82) is 0 Å². The lowest BCUT2D eigenvalue weighted by atomic mass is 10.1. The average Bonchev–Trinajstić information content (AvgIpc) is 2.50. The van der Waals surface area contributed by atoms with Crippen molar-refractivity contribution < 1.29 is 0 Å². The minimum atomic E-state index is 0.965. The number of hydrogen-bond acceptors (Lipinski definition) is 2. The Labute approximate surface area is 120 Å². The molecular weight excluding hydrogens is 244 g/mol. The molecule has 0 bridgehead atoms. The van der Waals surface area contributed by atoms with Gasteiger partial charge in [-0.15, -0.1) is 0 Å². The smallest absolute Gasteiger partial charge is 0.0923 e. The molecule has 102 valence electrons. The van der Waals surface area contributed by atoms with Crippen molar-refractivity contribution in [2.75, 3.05) is 0 Å². The molecule has 2 nitrogen and oxygen atoms in total. The second-order valence-corrected chi connectivity index (χ2v) is 4.47. The summed E-state index contributed by atoms with van der Waals surface area (Å²) >= 11 is 0. The van der Waals surface area contributed by atoms with E-state index in [2.05, 4.69) is 30.1 Å². The first-order valence-electron chi connectivity index (χ1n) is 7.05. The van der Waals surface area contributed by atoms with Crippen LogP contribution in [0.5, 0.6) is 0 Å². The molecule has 2 heteroatoms. The van der Waals surface area contributed by atoms with Crippen LogP contribution in [0.25, 0.3) is 22.3 Å². The van der Waals surface area contributed by atoms with Gasteiger partial charge in [-0.3, -0.25) is 0 Å². The fourth-order valence-electron chi connectivity index (χ4n) is 2.17. The molecule has 3 rings (SSSR count). The number of benzene rings is 2. The first kappa shape index (κ1) is 14.2. The van der Waals surface area contributed by atoms with Crippen LogP contribution in [0.3, 0.4) is 0 Å². The second-order valence-electron chi connectivity index (χ2n) is 4.47. The summed E-state index contributed by atoms with van der Waals surface area (Å²) in [4.78, 5) is 9.43. The third kappa shape index (κ3) is 2.69. The van der Waals surface area contributed by atoms with E-state index in [1.807, 2.05) is 51.1 Å². The Hall–Kier alpha value is -2.22. The van der Waals surface area contributed by atoms with E-state index in [4.69, 9.17) is 4.98 Å². The predicted molar refractivity (Wildman–Crippen MR) is 85.8 cm³/mol. The van der Waals surface area contributed by atoms with Gasteiger partial charge in [0, 0.05) is 5.56 Å². The van der Waals surface area contributed by atoms with Crippen molar-refractivity contribution >= 4 is 11.0 Å². The molecule has 1 aromatic heterocycles. The molecule has 0 spiro atoms. The van der Waals surface area contributed by atoms with Gasteiger partial charge >= 0.3 is 0 Å². The van der Waals surface area contributed by atoms with Crippen molar-refractivity contribution in [3.63, 3.8) is 0 Å². The van der Waals surface area contributed by atoms with Crippen LogP contribution in [0.15, 0.2) is 48.5 Å². The first-order valence-corrected chi connectivity index (χ1v) is 7.05. The summed E-state index contributed by atoms with van der Waals surface area (Å²) in [6.45, 7) is 8.08. The molecule has 0 atom stereocenters. The van der Waals surface area contributed by atoms with Gasteiger partial charge in [0.15, 0.2) is 0 Å². The number of hydrogen-bond donors (Lipinski definition) is 0. The van der Waals surface area contributed by atoms with Crippen LogP contribution in [0.2, 0.25) is 0 Å². The summed E-state index contributed by atoms with van der Waals surface area (Å²) in [5.74, 6) is 0. The molecule has 2 aromatic carbocycles. The molecule has 0 aliphatic heterocycles. The summed E-state index contributed by atoms with van der Waals surface area (Å²) in [7, 11) is 0. The normalized spacial score (nSPS) is 10.0. The average molecular weight is 264 g/mol. The minimum Gasteiger partial charge on any atom is -0.249 e. The van der Waals surface area contributed by atoms with Gasteiger partial charge < -0.3 is 0 Å². The minimum absolute atomic E-state index is 0.965. The van der Waals surface area contributed by atoms with Crippen LogP contribution in [-0.2, 0) is 0 Å². The zero-order chi connectivity index (χ0) is 14.5. The number of rotatable bonds is 1. The highest BCUT2D eigenvalue weighted by Gasteiger charge is 2.08. The van der Waals surface area contributed by atoms with Crippen LogP contribution < -0.4 is 0 Å². The summed E-state index contributed by atoms with van der Waals surface area (Å²) in [5.41, 5.74) is 6.18. The maximum atomic E-state index is 4.78. The van der Waals surface area contributed by atoms with Gasteiger partial charge in [0.1, 0.15) is 0 Å². The van der Waals surface area contributed by atoms with Crippen LogP contribution in [0.1, 0.15) is 25.1 Å². The van der Waals surface area contributed by atoms with Gasteiger partial charge in [0.05, 0.1) is 22.4 Å². The van der Waals surface area contributed by atoms with Crippen molar-refractivity contribution in [3.8, 4) is 11.3 Å². The Morgan fingerprint density at radius 3 is 2.15 bits per heavy atom. The van der Waals surface area contributed by atoms with E-state index in [9.17, 15) is 0 Å². The van der Waals surface area contributed by atoms with Gasteiger partial charge in [-0.1, -0.05) is 56.3 Å². The lowest BCUT2D eigenvalue weighted by Crippen LogP contribution is -1.95. The van der Waals surface area contributed by atoms with E-state index >= 15 is 0 Å². The molecule has 1 heterocycles. The topological polar surface area (TPSA) is 25.8 Å². The molecule has 0 amide bonds. The molecule has 0 saturated carbocycles. The largest absolute Gasteiger partial charge is 0.249 e. The van der Waals surface area contributed by atoms with Gasteiger partial charge in [0.25, 0.3) is 0 Å². The number of para-hydroxylation sites is 1. The standard InChI is InChI=1S/C16H14N2.C2H6/c1-11-7-6-10-14-15(11)18-16(12(2)17-14)13-8-4-3-5-9-13;1-2/h3-10H,1-2H3;1-2H3. The molecule has 20 heavy (non-hydrogen) atoms. The molecular formula is C18H20N2. The molecule has 0 fully saturated rings. The quantitative estimate of drug-likeness (QED) is 0.622. The summed E-state index contributed by atoms with van der Waals surface area (Å²) in [6, 6.07) is 16.3. The molecule has 3 aromatic rings. The van der Waals surface area contributed by atoms with E-state index < -0.39 is 0 Å². The monoisotopic (exact) mass is 264 g/mol. The number of nitrogens with zero attached hydrogens (tertiary/aromatic N) is 2. The Balaban J connectivity index is 0.000000704. The second kappa shape index (κ2) is 6.29. The molecule has 0 unspecified atom stereocenters. The summed E-state index contributed by atoms with van der Waals surface area (Å²) in [5, 5.41) is 0. The van der Waals surface area contributed by atoms with Gasteiger partial charge in [-0.05, 0) is 25.5 Å². The number of aryl methyl sites for hydroxylation is 2. The van der Waals surface area contributed by atoms with Crippen molar-refractivity contribution in [3.05, 3.63) is 59.8 Å². The van der Waals surface area contributed by atoms with E-state index in [-0.39, 0.29) is 0 Å². The van der Waals surface area contributed by atoms with Gasteiger partial charge in [0.2, 0.25) is 0 Å². The fourth-order valence-corrected chi connectivity index (χ4v) is 2.17. The Morgan fingerprint density at radius 1 is 0.750 bits per heavy atom. The Bertz CT molecular complexity index is 703. The molecule has 0 N–H and O–H groups in total. The Morgan fingerprint density at radius 2 is 1.45 bits per heavy atom. The van der Waals surface area contributed by atoms with Crippen LogP contribution >= 0.6 is 0 Å². The van der Waals surface area contributed by atoms with Crippen molar-refractivity contribution in [2.45, 2.75) is 27.7 Å². The van der Waals surface area contributed by atoms with Gasteiger partial charge in [-0.2, -0.15) is 0 Å². The number of aromatic nitrogens is 2. The van der Waals surface area contributed by atoms with E-state index in [1.165, 1.54) is 0 Å². The highest BCUT2D eigenvalue weighted by Crippen LogP contribution is 2.23. The molecule has 0 saturated heterocycles. The zero-order valence-electron chi connectivity index (χ0n) is 12.5. The van der Waals surface area contributed by atoms with Crippen molar-refractivity contribution in [1.82, 2.24) is 9.97 Å². The van der Waals surface area contributed by atoms with Crippen LogP contribution in [0, 0.1) is 13.8 Å². The maximum Gasteiger partial charge on any atom is 0.0923 e. The predicted octanol–water partition coefficient (Wildman–Crippen LogP) is 4.94. The van der Waals surface area contributed by atoms with Crippen LogP contribution in [-0.4, -0.2) is 9.97 Å².